The molecule has 1 aliphatic heterocycles. The Morgan fingerprint density at radius 1 is 1.28 bits per heavy atom. The van der Waals surface area contributed by atoms with Crippen LogP contribution in [0, 0.1) is 6.92 Å². The molecular formula is C18H20N2O3S2. The number of nitrogens with one attached hydrogen (secondary N) is 1. The minimum atomic E-state index is -0.0750. The fourth-order valence-corrected chi connectivity index (χ4v) is 5.51. The lowest BCUT2D eigenvalue weighted by Gasteiger charge is -2.28. The van der Waals surface area contributed by atoms with Gasteiger partial charge in [0.2, 0.25) is 6.79 Å². The van der Waals surface area contributed by atoms with Gasteiger partial charge in [0.05, 0.1) is 5.56 Å². The fourth-order valence-electron chi connectivity index (χ4n) is 3.23. The average molecular weight is 377 g/mol. The summed E-state index contributed by atoms with van der Waals surface area (Å²) >= 11 is 3.60. The third-order valence-electron chi connectivity index (χ3n) is 4.52. The number of rotatable bonds is 4. The summed E-state index contributed by atoms with van der Waals surface area (Å²) in [6.45, 7) is 2.21. The van der Waals surface area contributed by atoms with Crippen LogP contribution in [0.3, 0.4) is 0 Å². The van der Waals surface area contributed by atoms with E-state index in [4.69, 9.17) is 9.47 Å². The number of hydrogen-bond acceptors (Lipinski definition) is 6. The molecule has 1 aliphatic carbocycles. The molecule has 2 aromatic rings. The molecule has 0 radical (unpaired) electrons. The molecule has 0 atom stereocenters. The first-order valence-electron chi connectivity index (χ1n) is 8.47. The highest BCUT2D eigenvalue weighted by Crippen LogP contribution is 2.37. The normalized spacial score (nSPS) is 22.0. The number of aromatic nitrogens is 1. The summed E-state index contributed by atoms with van der Waals surface area (Å²) in [4.78, 5) is 17.1. The average Bonchev–Trinajstić information content (AvgIpc) is 3.25. The second-order valence-corrected chi connectivity index (χ2v) is 8.76. The molecule has 0 bridgehead atoms. The number of ether oxygens (including phenoxy) is 2. The van der Waals surface area contributed by atoms with Crippen molar-refractivity contribution in [2.75, 3.05) is 6.79 Å². The summed E-state index contributed by atoms with van der Waals surface area (Å²) in [5.41, 5.74) is 1.65. The maximum atomic E-state index is 12.6. The first-order chi connectivity index (χ1) is 12.2. The molecule has 1 aromatic heterocycles. The molecule has 2 heterocycles. The van der Waals surface area contributed by atoms with Crippen molar-refractivity contribution in [3.63, 3.8) is 0 Å². The van der Waals surface area contributed by atoms with Crippen molar-refractivity contribution < 1.29 is 14.3 Å². The van der Waals surface area contributed by atoms with Gasteiger partial charge in [0.25, 0.3) is 5.91 Å². The minimum absolute atomic E-state index is 0.0750. The number of benzene rings is 1. The van der Waals surface area contributed by atoms with E-state index in [1.165, 1.54) is 0 Å². The van der Waals surface area contributed by atoms with Crippen LogP contribution in [0.15, 0.2) is 27.9 Å². The number of aryl methyl sites for hydroxylation is 1. The van der Waals surface area contributed by atoms with E-state index in [9.17, 15) is 4.79 Å². The molecule has 0 spiro atoms. The second kappa shape index (κ2) is 7.25. The van der Waals surface area contributed by atoms with Crippen molar-refractivity contribution in [3.05, 3.63) is 34.8 Å². The molecule has 5 nitrogen and oxygen atoms in total. The van der Waals surface area contributed by atoms with Gasteiger partial charge in [-0.3, -0.25) is 4.79 Å². The molecule has 4 rings (SSSR count). The SMILES string of the molecule is Cc1csc(SC2CCC(NC(=O)c3cccc4c3OCO4)CC2)n1. The van der Waals surface area contributed by atoms with Crippen LogP contribution in [0.4, 0.5) is 0 Å². The highest BCUT2D eigenvalue weighted by atomic mass is 32.2. The topological polar surface area (TPSA) is 60.5 Å². The highest BCUT2D eigenvalue weighted by molar-refractivity contribution is 8.01. The number of nitrogens with zero attached hydrogens (tertiary/aromatic N) is 1. The number of carbonyl (C=O) groups is 1. The third kappa shape index (κ3) is 3.77. The van der Waals surface area contributed by atoms with Crippen LogP contribution < -0.4 is 14.8 Å². The summed E-state index contributed by atoms with van der Waals surface area (Å²) in [5, 5.41) is 5.85. The van der Waals surface area contributed by atoms with Gasteiger partial charge in [0.1, 0.15) is 4.34 Å². The quantitative estimate of drug-likeness (QED) is 0.873. The number of fused-ring (bicyclic) bond motifs is 1. The van der Waals surface area contributed by atoms with Crippen molar-refractivity contribution in [2.45, 2.75) is 48.2 Å². The van der Waals surface area contributed by atoms with Gasteiger partial charge in [-0.25, -0.2) is 4.98 Å². The first-order valence-corrected chi connectivity index (χ1v) is 10.2. The molecular weight excluding hydrogens is 356 g/mol. The molecule has 1 amide bonds. The molecule has 1 aromatic carbocycles. The first kappa shape index (κ1) is 16.7. The molecule has 1 N–H and O–H groups in total. The Kier molecular flexibility index (Phi) is 4.85. The molecule has 25 heavy (non-hydrogen) atoms. The largest absolute Gasteiger partial charge is 0.454 e. The van der Waals surface area contributed by atoms with Gasteiger partial charge in [-0.05, 0) is 44.7 Å². The summed E-state index contributed by atoms with van der Waals surface area (Å²) < 4.78 is 11.9. The smallest absolute Gasteiger partial charge is 0.255 e. The van der Waals surface area contributed by atoms with Gasteiger partial charge < -0.3 is 14.8 Å². The van der Waals surface area contributed by atoms with E-state index in [1.807, 2.05) is 30.8 Å². The zero-order valence-electron chi connectivity index (χ0n) is 14.0. The molecule has 132 valence electrons. The molecule has 0 saturated heterocycles. The Balaban J connectivity index is 1.31. The number of carbonyl (C=O) groups excluding carboxylic acids is 1. The Morgan fingerprint density at radius 2 is 2.12 bits per heavy atom. The second-order valence-electron chi connectivity index (χ2n) is 6.36. The lowest BCUT2D eigenvalue weighted by molar-refractivity contribution is 0.0923. The van der Waals surface area contributed by atoms with Crippen LogP contribution in [0.2, 0.25) is 0 Å². The predicted octanol–water partition coefficient (Wildman–Crippen LogP) is 4.01. The number of amides is 1. The molecule has 0 unspecified atom stereocenters. The van der Waals surface area contributed by atoms with Crippen molar-refractivity contribution in [1.29, 1.82) is 0 Å². The van der Waals surface area contributed by atoms with Crippen LogP contribution in [0.1, 0.15) is 41.7 Å². The third-order valence-corrected chi connectivity index (χ3v) is 6.94. The van der Waals surface area contributed by atoms with Crippen LogP contribution in [-0.4, -0.2) is 29.0 Å². The fraction of sp³-hybridized carbons (Fsp3) is 0.444. The van der Waals surface area contributed by atoms with E-state index in [2.05, 4.69) is 15.7 Å². The predicted molar refractivity (Wildman–Crippen MR) is 98.8 cm³/mol. The summed E-state index contributed by atoms with van der Waals surface area (Å²) in [5.74, 6) is 1.13. The standard InChI is InChI=1S/C18H20N2O3S2/c1-11-9-24-18(19-11)25-13-7-5-12(6-8-13)20-17(21)14-3-2-4-15-16(14)23-10-22-15/h2-4,9,12-13H,5-8,10H2,1H3,(H,20,21). The van der Waals surface area contributed by atoms with Crippen molar-refractivity contribution in [1.82, 2.24) is 10.3 Å². The van der Waals surface area contributed by atoms with E-state index >= 15 is 0 Å². The van der Waals surface area contributed by atoms with Gasteiger partial charge in [0.15, 0.2) is 11.5 Å². The Labute approximate surface area is 155 Å². The van der Waals surface area contributed by atoms with E-state index < -0.39 is 0 Å². The lowest BCUT2D eigenvalue weighted by atomic mass is 9.94. The molecule has 1 fully saturated rings. The number of hydrogen-bond donors (Lipinski definition) is 1. The van der Waals surface area contributed by atoms with E-state index in [1.54, 1.807) is 17.4 Å². The van der Waals surface area contributed by atoms with E-state index in [-0.39, 0.29) is 18.7 Å². The Bertz CT molecular complexity index is 769. The van der Waals surface area contributed by atoms with Gasteiger partial charge in [0, 0.05) is 22.4 Å². The Hall–Kier alpha value is -1.73. The summed E-state index contributed by atoms with van der Waals surface area (Å²) in [6.07, 6.45) is 4.20. The van der Waals surface area contributed by atoms with Crippen molar-refractivity contribution in [3.8, 4) is 11.5 Å². The van der Waals surface area contributed by atoms with Gasteiger partial charge >= 0.3 is 0 Å². The van der Waals surface area contributed by atoms with E-state index in [0.29, 0.717) is 22.3 Å². The highest BCUT2D eigenvalue weighted by Gasteiger charge is 2.27. The maximum Gasteiger partial charge on any atom is 0.255 e. The van der Waals surface area contributed by atoms with Crippen LogP contribution >= 0.6 is 23.1 Å². The number of thioether (sulfide) groups is 1. The zero-order valence-corrected chi connectivity index (χ0v) is 15.6. The van der Waals surface area contributed by atoms with Crippen LogP contribution in [0.25, 0.3) is 0 Å². The monoisotopic (exact) mass is 376 g/mol. The molecule has 2 aliphatic rings. The van der Waals surface area contributed by atoms with Crippen molar-refractivity contribution >= 4 is 29.0 Å². The Morgan fingerprint density at radius 3 is 2.88 bits per heavy atom. The summed E-state index contributed by atoms with van der Waals surface area (Å²) in [7, 11) is 0. The molecule has 7 heteroatoms. The lowest BCUT2D eigenvalue weighted by Crippen LogP contribution is -2.38. The van der Waals surface area contributed by atoms with Crippen LogP contribution in [0.5, 0.6) is 11.5 Å². The minimum Gasteiger partial charge on any atom is -0.454 e. The van der Waals surface area contributed by atoms with Crippen LogP contribution in [-0.2, 0) is 0 Å². The van der Waals surface area contributed by atoms with Gasteiger partial charge in [-0.2, -0.15) is 0 Å². The molecule has 1 saturated carbocycles. The van der Waals surface area contributed by atoms with Gasteiger partial charge in [-0.1, -0.05) is 17.8 Å². The maximum absolute atomic E-state index is 12.6. The van der Waals surface area contributed by atoms with E-state index in [0.717, 1.165) is 35.7 Å². The van der Waals surface area contributed by atoms with Crippen molar-refractivity contribution in [2.24, 2.45) is 0 Å². The van der Waals surface area contributed by atoms with Gasteiger partial charge in [-0.15, -0.1) is 11.3 Å². The number of thiazole rings is 1. The summed E-state index contributed by atoms with van der Waals surface area (Å²) in [6, 6.07) is 5.66. The zero-order chi connectivity index (χ0) is 17.2. The number of para-hydroxylation sites is 1.